The summed E-state index contributed by atoms with van der Waals surface area (Å²) >= 11 is 0. The maximum Gasteiger partial charge on any atom is 0.416 e. The maximum absolute atomic E-state index is 14.6. The predicted molar refractivity (Wildman–Crippen MR) is 214 cm³/mol. The third kappa shape index (κ3) is 10.6. The van der Waals surface area contributed by atoms with Crippen LogP contribution in [0.4, 0.5) is 17.6 Å². The van der Waals surface area contributed by atoms with Crippen molar-refractivity contribution in [2.45, 2.75) is 83.0 Å². The number of fused-ring (bicyclic) bond motifs is 8. The van der Waals surface area contributed by atoms with E-state index >= 15 is 0 Å². The summed E-state index contributed by atoms with van der Waals surface area (Å²) < 4.78 is 70.0. The number of amides is 3. The van der Waals surface area contributed by atoms with E-state index in [1.807, 2.05) is 6.20 Å². The van der Waals surface area contributed by atoms with Crippen molar-refractivity contribution < 1.29 is 41.4 Å². The summed E-state index contributed by atoms with van der Waals surface area (Å²) in [5.74, 6) is -1.98. The van der Waals surface area contributed by atoms with Crippen molar-refractivity contribution in [1.29, 1.82) is 0 Å². The topological polar surface area (TPSA) is 135 Å². The molecule has 324 valence electrons. The van der Waals surface area contributed by atoms with Crippen LogP contribution in [0.5, 0.6) is 5.88 Å². The molecule has 4 aromatic rings. The lowest BCUT2D eigenvalue weighted by Gasteiger charge is -2.40. The van der Waals surface area contributed by atoms with Crippen molar-refractivity contribution in [3.63, 3.8) is 0 Å². The van der Waals surface area contributed by atoms with Gasteiger partial charge in [0.25, 0.3) is 5.91 Å². The highest BCUT2D eigenvalue weighted by Gasteiger charge is 2.44. The van der Waals surface area contributed by atoms with Crippen LogP contribution in [0.1, 0.15) is 72.1 Å². The van der Waals surface area contributed by atoms with Crippen LogP contribution in [0.2, 0.25) is 0 Å². The SMILES string of the molecule is O=C(C[C@@H]1CCN2C[C@@H]1CCOc1cc(C(F)(F)F)cc(n1)-c1cccc(c1)C(=O)N1C[C@H](OCc3cn(CCN4CCCCC4)nn3)C[C@H]1C2=O)NCc1ccc(F)cc1. The van der Waals surface area contributed by atoms with E-state index in [0.29, 0.717) is 31.6 Å². The van der Waals surface area contributed by atoms with Crippen LogP contribution in [0.25, 0.3) is 11.3 Å². The monoisotopic (exact) mass is 846 g/mol. The number of halogens is 4. The van der Waals surface area contributed by atoms with Gasteiger partial charge in [-0.3, -0.25) is 19.1 Å². The number of pyridine rings is 1. The third-order valence-electron chi connectivity index (χ3n) is 12.3. The first kappa shape index (κ1) is 42.3. The van der Waals surface area contributed by atoms with Crippen LogP contribution in [-0.4, -0.2) is 110 Å². The summed E-state index contributed by atoms with van der Waals surface area (Å²) in [6.07, 6.45) is 1.48. The number of nitrogens with zero attached hydrogens (tertiary/aromatic N) is 7. The van der Waals surface area contributed by atoms with Gasteiger partial charge in [0, 0.05) is 62.8 Å². The molecule has 3 fully saturated rings. The average Bonchev–Trinajstić information content (AvgIpc) is 3.92. The quantitative estimate of drug-likeness (QED) is 0.199. The van der Waals surface area contributed by atoms with Gasteiger partial charge in [0.05, 0.1) is 43.3 Å². The fourth-order valence-corrected chi connectivity index (χ4v) is 8.90. The first-order valence-corrected chi connectivity index (χ1v) is 21.1. The molecule has 0 spiro atoms. The smallest absolute Gasteiger partial charge is 0.416 e. The Balaban J connectivity index is 1.02. The van der Waals surface area contributed by atoms with E-state index < -0.39 is 29.8 Å². The van der Waals surface area contributed by atoms with Gasteiger partial charge < -0.3 is 29.5 Å². The summed E-state index contributed by atoms with van der Waals surface area (Å²) in [7, 11) is 0. The fourth-order valence-electron chi connectivity index (χ4n) is 8.90. The van der Waals surface area contributed by atoms with E-state index in [1.165, 1.54) is 42.4 Å². The van der Waals surface area contributed by atoms with Crippen molar-refractivity contribution in [3.8, 4) is 17.1 Å². The van der Waals surface area contributed by atoms with E-state index in [0.717, 1.165) is 37.3 Å². The van der Waals surface area contributed by atoms with Gasteiger partial charge in [0.2, 0.25) is 17.7 Å². The van der Waals surface area contributed by atoms with Gasteiger partial charge in [-0.1, -0.05) is 35.9 Å². The lowest BCUT2D eigenvalue weighted by molar-refractivity contribution is -0.139. The number of carbonyl (C=O) groups is 3. The number of piperidine rings is 2. The second-order valence-corrected chi connectivity index (χ2v) is 16.5. The maximum atomic E-state index is 14.6. The molecular weight excluding hydrogens is 797 g/mol. The Bertz CT molecular complexity index is 2180. The lowest BCUT2D eigenvalue weighted by Crippen LogP contribution is -2.52. The van der Waals surface area contributed by atoms with Crippen LogP contribution in [0, 0.1) is 17.7 Å². The molecule has 4 atom stereocenters. The summed E-state index contributed by atoms with van der Waals surface area (Å²) in [5, 5.41) is 11.5. The minimum absolute atomic E-state index is 0.0129. The molecule has 0 aliphatic carbocycles. The van der Waals surface area contributed by atoms with Crippen LogP contribution in [0.15, 0.2) is 66.9 Å². The standard InChI is InChI=1S/C44H50F4N8O5/c45-35-9-7-29(8-10-35)24-49-40(57)20-30-11-15-54-25-33(30)12-18-60-41-22-34(44(46,47)48)21-38(50-41)31-5-4-6-32(19-31)42(58)56-27-37(23-39(56)43(54)59)61-28-36-26-55(52-51-36)17-16-53-13-2-1-3-14-53/h4-10,19,21-22,26,30,33,37,39H,1-3,11-18,20,23-25,27-28H2,(H,49,57)/t30-,33-,37+,39-/m0/s1. The second-order valence-electron chi connectivity index (χ2n) is 16.5. The molecule has 0 saturated carbocycles. The number of hydrogen-bond donors (Lipinski definition) is 1. The van der Waals surface area contributed by atoms with Crippen molar-refractivity contribution >= 4 is 17.7 Å². The highest BCUT2D eigenvalue weighted by Crippen LogP contribution is 2.36. The molecule has 3 saturated heterocycles. The zero-order chi connectivity index (χ0) is 42.5. The lowest BCUT2D eigenvalue weighted by atomic mass is 9.80. The molecule has 6 bridgehead atoms. The Morgan fingerprint density at radius 3 is 2.54 bits per heavy atom. The molecule has 4 aliphatic heterocycles. The van der Waals surface area contributed by atoms with Crippen molar-refractivity contribution in [1.82, 2.24) is 40.0 Å². The van der Waals surface area contributed by atoms with Crippen molar-refractivity contribution in [2.75, 3.05) is 45.9 Å². The normalized spacial score (nSPS) is 22.5. The van der Waals surface area contributed by atoms with Gasteiger partial charge in [-0.05, 0) is 86.5 Å². The van der Waals surface area contributed by atoms with E-state index in [4.69, 9.17) is 9.47 Å². The molecule has 4 aliphatic rings. The number of carbonyl (C=O) groups excluding carboxylic acids is 3. The number of aromatic nitrogens is 4. The largest absolute Gasteiger partial charge is 0.478 e. The van der Waals surface area contributed by atoms with Crippen molar-refractivity contribution in [3.05, 3.63) is 95.1 Å². The third-order valence-corrected chi connectivity index (χ3v) is 12.3. The molecule has 2 aromatic carbocycles. The van der Waals surface area contributed by atoms with E-state index in [1.54, 1.807) is 39.9 Å². The zero-order valence-electron chi connectivity index (χ0n) is 33.9. The molecule has 6 heterocycles. The number of rotatable bonds is 10. The van der Waals surface area contributed by atoms with Crippen molar-refractivity contribution in [2.24, 2.45) is 11.8 Å². The molecule has 61 heavy (non-hydrogen) atoms. The summed E-state index contributed by atoms with van der Waals surface area (Å²) in [5.41, 5.74) is 0.859. The molecule has 3 amide bonds. The Hall–Kier alpha value is -5.42. The minimum atomic E-state index is -4.69. The van der Waals surface area contributed by atoms with Gasteiger partial charge in [-0.15, -0.1) is 5.10 Å². The van der Waals surface area contributed by atoms with Gasteiger partial charge in [-0.25, -0.2) is 9.37 Å². The number of ether oxygens (including phenoxy) is 2. The van der Waals surface area contributed by atoms with Crippen LogP contribution in [-0.2, 0) is 40.2 Å². The Morgan fingerprint density at radius 2 is 1.74 bits per heavy atom. The molecule has 2 aromatic heterocycles. The Labute approximate surface area is 351 Å². The number of hydrogen-bond acceptors (Lipinski definition) is 9. The molecule has 1 N–H and O–H groups in total. The molecule has 13 nitrogen and oxygen atoms in total. The summed E-state index contributed by atoms with van der Waals surface area (Å²) in [6.45, 7) is 4.78. The molecular formula is C44H50F4N8O5. The van der Waals surface area contributed by atoms with Crippen LogP contribution < -0.4 is 10.1 Å². The molecule has 0 radical (unpaired) electrons. The Morgan fingerprint density at radius 1 is 0.934 bits per heavy atom. The average molecular weight is 847 g/mol. The van der Waals surface area contributed by atoms with Crippen LogP contribution in [0.3, 0.4) is 0 Å². The Kier molecular flexibility index (Phi) is 12.9. The first-order chi connectivity index (χ1) is 29.4. The number of alkyl halides is 3. The van der Waals surface area contributed by atoms with Crippen LogP contribution >= 0.6 is 0 Å². The molecule has 17 heteroatoms. The minimum Gasteiger partial charge on any atom is -0.478 e. The van der Waals surface area contributed by atoms with E-state index in [2.05, 4.69) is 25.5 Å². The number of benzene rings is 2. The number of likely N-dealkylation sites (tertiary alicyclic amines) is 1. The molecule has 0 unspecified atom stereocenters. The van der Waals surface area contributed by atoms with Gasteiger partial charge in [0.15, 0.2) is 0 Å². The van der Waals surface area contributed by atoms with E-state index in [9.17, 15) is 31.9 Å². The highest BCUT2D eigenvalue weighted by molar-refractivity contribution is 5.99. The van der Waals surface area contributed by atoms with Gasteiger partial charge in [0.1, 0.15) is 17.6 Å². The first-order valence-electron chi connectivity index (χ1n) is 21.1. The zero-order valence-corrected chi connectivity index (χ0v) is 33.9. The summed E-state index contributed by atoms with van der Waals surface area (Å²) in [4.78, 5) is 52.3. The summed E-state index contributed by atoms with van der Waals surface area (Å²) in [6, 6.07) is 12.9. The predicted octanol–water partition coefficient (Wildman–Crippen LogP) is 5.74. The van der Waals surface area contributed by atoms with E-state index in [-0.39, 0.29) is 97.9 Å². The van der Waals surface area contributed by atoms with Gasteiger partial charge >= 0.3 is 6.18 Å². The van der Waals surface area contributed by atoms with Gasteiger partial charge in [-0.2, -0.15) is 13.2 Å². The molecule has 8 rings (SSSR count). The second kappa shape index (κ2) is 18.7. The number of nitrogens with one attached hydrogen (secondary N) is 1. The fraction of sp³-hybridized carbons (Fsp3) is 0.500. The highest BCUT2D eigenvalue weighted by atomic mass is 19.4.